The molecule has 1 aliphatic carbocycles. The Kier molecular flexibility index (Phi) is 4.66. The van der Waals surface area contributed by atoms with E-state index in [2.05, 4.69) is 0 Å². The minimum absolute atomic E-state index is 0.889. The molecule has 0 spiro atoms. The first kappa shape index (κ1) is 14.4. The van der Waals surface area contributed by atoms with Gasteiger partial charge in [0, 0.05) is 0 Å². The molecular formula is C6H4Cl8. The monoisotopic (exact) mass is 356 g/mol. The second-order valence-electron chi connectivity index (χ2n) is 2.96. The summed E-state index contributed by atoms with van der Waals surface area (Å²) in [6.45, 7) is 0. The SMILES string of the molecule is ClC1C(Cl)C(Cl)(Cl)C(Cl)C(Cl)C1(Cl)Cl. The van der Waals surface area contributed by atoms with Gasteiger partial charge in [0.1, 0.15) is 0 Å². The fourth-order valence-electron chi connectivity index (χ4n) is 1.08. The van der Waals surface area contributed by atoms with Gasteiger partial charge in [-0.05, 0) is 0 Å². The molecule has 0 nitrogen and oxygen atoms in total. The van der Waals surface area contributed by atoms with E-state index in [4.69, 9.17) is 92.8 Å². The van der Waals surface area contributed by atoms with E-state index in [9.17, 15) is 0 Å². The molecular weight excluding hydrogens is 356 g/mol. The smallest absolute Gasteiger partial charge is 0.118 e. The fraction of sp³-hybridized carbons (Fsp3) is 1.00. The Hall–Kier alpha value is 2.32. The summed E-state index contributed by atoms with van der Waals surface area (Å²) in [6.07, 6.45) is 0. The minimum Gasteiger partial charge on any atom is -0.118 e. The molecule has 0 radical (unpaired) electrons. The van der Waals surface area contributed by atoms with Gasteiger partial charge in [0.25, 0.3) is 0 Å². The Balaban J connectivity index is 3.07. The van der Waals surface area contributed by atoms with Gasteiger partial charge in [0.05, 0.1) is 21.5 Å². The lowest BCUT2D eigenvalue weighted by Crippen LogP contribution is -2.61. The van der Waals surface area contributed by atoms with Crippen molar-refractivity contribution in [3.8, 4) is 0 Å². The minimum atomic E-state index is -1.46. The van der Waals surface area contributed by atoms with Gasteiger partial charge in [0.15, 0.2) is 8.67 Å². The number of alkyl halides is 8. The highest BCUT2D eigenvalue weighted by atomic mass is 35.5. The van der Waals surface area contributed by atoms with Crippen LogP contribution in [0.1, 0.15) is 0 Å². The first-order chi connectivity index (χ1) is 6.13. The summed E-state index contributed by atoms with van der Waals surface area (Å²) in [5.74, 6) is 0. The van der Waals surface area contributed by atoms with Gasteiger partial charge < -0.3 is 0 Å². The molecule has 4 atom stereocenters. The summed E-state index contributed by atoms with van der Waals surface area (Å²) < 4.78 is -2.93. The van der Waals surface area contributed by atoms with Gasteiger partial charge in [-0.1, -0.05) is 46.4 Å². The maximum atomic E-state index is 5.91. The summed E-state index contributed by atoms with van der Waals surface area (Å²) in [5, 5.41) is -3.56. The summed E-state index contributed by atoms with van der Waals surface area (Å²) in [6, 6.07) is 0. The van der Waals surface area contributed by atoms with E-state index >= 15 is 0 Å². The normalized spacial score (nSPS) is 46.3. The number of rotatable bonds is 0. The third-order valence-electron chi connectivity index (χ3n) is 1.98. The van der Waals surface area contributed by atoms with Crippen molar-refractivity contribution in [3.05, 3.63) is 0 Å². The molecule has 84 valence electrons. The molecule has 0 aromatic carbocycles. The number of hydrogen-bond acceptors (Lipinski definition) is 0. The van der Waals surface area contributed by atoms with Gasteiger partial charge in [-0.3, -0.25) is 0 Å². The Bertz CT molecular complexity index is 182. The standard InChI is InChI=1S/C6H4Cl8/c7-1-2(8)6(13,14)4(10)3(9)5(1,11)12/h1-4H. The van der Waals surface area contributed by atoms with Crippen LogP contribution in [0.4, 0.5) is 0 Å². The van der Waals surface area contributed by atoms with Crippen LogP contribution in [-0.4, -0.2) is 30.2 Å². The molecule has 0 N–H and O–H groups in total. The lowest BCUT2D eigenvalue weighted by Gasteiger charge is -2.46. The Morgan fingerprint density at radius 3 is 0.786 bits per heavy atom. The maximum absolute atomic E-state index is 5.91. The van der Waals surface area contributed by atoms with Crippen LogP contribution >= 0.6 is 92.8 Å². The maximum Gasteiger partial charge on any atom is 0.153 e. The first-order valence-electron chi connectivity index (χ1n) is 3.45. The van der Waals surface area contributed by atoms with Crippen LogP contribution in [0.2, 0.25) is 0 Å². The van der Waals surface area contributed by atoms with Gasteiger partial charge in [0.2, 0.25) is 0 Å². The van der Waals surface area contributed by atoms with Crippen molar-refractivity contribution in [3.63, 3.8) is 0 Å². The predicted octanol–water partition coefficient (Wildman–Crippen LogP) is 4.78. The van der Waals surface area contributed by atoms with Crippen LogP contribution in [0.15, 0.2) is 0 Å². The Morgan fingerprint density at radius 1 is 0.500 bits per heavy atom. The quantitative estimate of drug-likeness (QED) is 0.546. The Morgan fingerprint density at radius 2 is 0.643 bits per heavy atom. The van der Waals surface area contributed by atoms with E-state index in [0.717, 1.165) is 0 Å². The van der Waals surface area contributed by atoms with E-state index in [1.807, 2.05) is 0 Å². The highest BCUT2D eigenvalue weighted by Gasteiger charge is 2.62. The highest BCUT2D eigenvalue weighted by Crippen LogP contribution is 2.55. The van der Waals surface area contributed by atoms with E-state index < -0.39 is 30.2 Å². The molecule has 0 amide bonds. The van der Waals surface area contributed by atoms with Gasteiger partial charge in [-0.25, -0.2) is 0 Å². The van der Waals surface area contributed by atoms with E-state index in [1.165, 1.54) is 0 Å². The number of halogens is 8. The molecule has 0 heterocycles. The molecule has 8 heteroatoms. The van der Waals surface area contributed by atoms with Gasteiger partial charge >= 0.3 is 0 Å². The highest BCUT2D eigenvalue weighted by molar-refractivity contribution is 6.63. The largest absolute Gasteiger partial charge is 0.153 e. The average molecular weight is 360 g/mol. The molecule has 0 aliphatic heterocycles. The van der Waals surface area contributed by atoms with Crippen LogP contribution < -0.4 is 0 Å². The average Bonchev–Trinajstić information content (AvgIpc) is 2.11. The zero-order chi connectivity index (χ0) is 11.3. The van der Waals surface area contributed by atoms with Crippen LogP contribution in [0.3, 0.4) is 0 Å². The zero-order valence-electron chi connectivity index (χ0n) is 6.33. The van der Waals surface area contributed by atoms with Crippen molar-refractivity contribution < 1.29 is 0 Å². The van der Waals surface area contributed by atoms with Crippen molar-refractivity contribution in [2.45, 2.75) is 30.2 Å². The van der Waals surface area contributed by atoms with Crippen molar-refractivity contribution in [1.82, 2.24) is 0 Å². The number of hydrogen-bond donors (Lipinski definition) is 0. The third-order valence-corrected chi connectivity index (χ3v) is 7.40. The summed E-state index contributed by atoms with van der Waals surface area (Å²) in [5.41, 5.74) is 0. The Labute approximate surface area is 122 Å². The molecule has 0 saturated heterocycles. The lowest BCUT2D eigenvalue weighted by atomic mass is 9.96. The van der Waals surface area contributed by atoms with E-state index in [1.54, 1.807) is 0 Å². The second kappa shape index (κ2) is 4.53. The molecule has 1 saturated carbocycles. The zero-order valence-corrected chi connectivity index (χ0v) is 12.4. The third kappa shape index (κ3) is 2.16. The molecule has 0 bridgehead atoms. The van der Waals surface area contributed by atoms with Crippen LogP contribution in [0.25, 0.3) is 0 Å². The molecule has 0 aromatic rings. The molecule has 1 fully saturated rings. The first-order valence-corrected chi connectivity index (χ1v) is 6.71. The van der Waals surface area contributed by atoms with Crippen LogP contribution in [0, 0.1) is 0 Å². The van der Waals surface area contributed by atoms with Crippen LogP contribution in [0.5, 0.6) is 0 Å². The van der Waals surface area contributed by atoms with Crippen molar-refractivity contribution in [2.75, 3.05) is 0 Å². The molecule has 0 aromatic heterocycles. The van der Waals surface area contributed by atoms with Crippen molar-refractivity contribution in [2.24, 2.45) is 0 Å². The second-order valence-corrected chi connectivity index (χ2v) is 7.73. The summed E-state index contributed by atoms with van der Waals surface area (Å²) in [4.78, 5) is 0. The topological polar surface area (TPSA) is 0 Å². The van der Waals surface area contributed by atoms with Crippen LogP contribution in [-0.2, 0) is 0 Å². The fourth-order valence-corrected chi connectivity index (χ4v) is 4.08. The molecule has 1 aliphatic rings. The predicted molar refractivity (Wildman–Crippen MR) is 67.4 cm³/mol. The summed E-state index contributed by atoms with van der Waals surface area (Å²) in [7, 11) is 0. The molecule has 14 heavy (non-hydrogen) atoms. The van der Waals surface area contributed by atoms with E-state index in [0.29, 0.717) is 0 Å². The lowest BCUT2D eigenvalue weighted by molar-refractivity contribution is 0.482. The molecule has 4 unspecified atom stereocenters. The van der Waals surface area contributed by atoms with Gasteiger partial charge in [-0.2, -0.15) is 0 Å². The summed E-state index contributed by atoms with van der Waals surface area (Å²) >= 11 is 47.2. The molecule has 1 rings (SSSR count). The van der Waals surface area contributed by atoms with E-state index in [-0.39, 0.29) is 0 Å². The van der Waals surface area contributed by atoms with Crippen molar-refractivity contribution in [1.29, 1.82) is 0 Å². The van der Waals surface area contributed by atoms with Crippen molar-refractivity contribution >= 4 is 92.8 Å². The van der Waals surface area contributed by atoms with Gasteiger partial charge in [-0.15, -0.1) is 46.4 Å².